The lowest BCUT2D eigenvalue weighted by Gasteiger charge is -2.11. The number of anilines is 1. The molecule has 0 aliphatic rings. The van der Waals surface area contributed by atoms with Crippen LogP contribution in [0.15, 0.2) is 46.9 Å². The van der Waals surface area contributed by atoms with Crippen molar-refractivity contribution in [2.45, 2.75) is 12.3 Å². The number of nitrogens with one attached hydrogen (secondary N) is 1. The van der Waals surface area contributed by atoms with Gasteiger partial charge in [0.1, 0.15) is 0 Å². The first-order valence-electron chi connectivity index (χ1n) is 6.13. The summed E-state index contributed by atoms with van der Waals surface area (Å²) >= 11 is 9.21. The first-order valence-corrected chi connectivity index (χ1v) is 8.96. The lowest BCUT2D eigenvalue weighted by atomic mass is 10.1. The van der Waals surface area contributed by atoms with Crippen LogP contribution in [-0.2, 0) is 22.3 Å². The van der Waals surface area contributed by atoms with Crippen LogP contribution in [-0.4, -0.2) is 8.42 Å². The van der Waals surface area contributed by atoms with Crippen molar-refractivity contribution in [3.05, 3.63) is 63.1 Å². The Morgan fingerprint density at radius 3 is 2.33 bits per heavy atom. The van der Waals surface area contributed by atoms with E-state index < -0.39 is 10.0 Å². The molecule has 2 aromatic rings. The summed E-state index contributed by atoms with van der Waals surface area (Å²) in [4.78, 5) is 0. The second-order valence-electron chi connectivity index (χ2n) is 4.48. The number of hydrogen-bond acceptors (Lipinski definition) is 3. The van der Waals surface area contributed by atoms with E-state index in [4.69, 9.17) is 17.3 Å². The lowest BCUT2D eigenvalue weighted by molar-refractivity contribution is 0.600. The van der Waals surface area contributed by atoms with Crippen LogP contribution in [0.5, 0.6) is 0 Å². The van der Waals surface area contributed by atoms with Crippen LogP contribution < -0.4 is 10.5 Å². The van der Waals surface area contributed by atoms with E-state index in [0.29, 0.717) is 27.3 Å². The minimum atomic E-state index is -3.52. The smallest absolute Gasteiger partial charge is 0.236 e. The number of hydrogen-bond donors (Lipinski definition) is 2. The van der Waals surface area contributed by atoms with Crippen LogP contribution in [0, 0.1) is 0 Å². The van der Waals surface area contributed by atoms with Gasteiger partial charge in [-0.1, -0.05) is 41.9 Å². The van der Waals surface area contributed by atoms with Crippen molar-refractivity contribution >= 4 is 43.2 Å². The molecule has 2 rings (SSSR count). The van der Waals surface area contributed by atoms with E-state index >= 15 is 0 Å². The van der Waals surface area contributed by atoms with Crippen LogP contribution in [0.4, 0.5) is 5.69 Å². The van der Waals surface area contributed by atoms with Crippen molar-refractivity contribution in [2.24, 2.45) is 5.73 Å². The van der Waals surface area contributed by atoms with Gasteiger partial charge in [-0.25, -0.2) is 8.42 Å². The molecule has 7 heteroatoms. The maximum atomic E-state index is 12.2. The molecule has 0 bridgehead atoms. The molecule has 0 aromatic heterocycles. The standard InChI is InChI=1S/C14H14BrClN2O2S/c15-14-12(16)2-1-3-13(14)18-21(19,20)9-11-6-4-10(8-17)5-7-11/h1-7,18H,8-9,17H2. The van der Waals surface area contributed by atoms with Crippen LogP contribution in [0.1, 0.15) is 11.1 Å². The molecule has 2 aromatic carbocycles. The molecule has 21 heavy (non-hydrogen) atoms. The largest absolute Gasteiger partial charge is 0.326 e. The number of sulfonamides is 1. The number of nitrogens with two attached hydrogens (primary N) is 1. The third-order valence-corrected chi connectivity index (χ3v) is 5.47. The maximum Gasteiger partial charge on any atom is 0.236 e. The highest BCUT2D eigenvalue weighted by Gasteiger charge is 2.14. The first-order chi connectivity index (χ1) is 9.91. The quantitative estimate of drug-likeness (QED) is 0.822. The summed E-state index contributed by atoms with van der Waals surface area (Å²) in [6, 6.07) is 12.2. The van der Waals surface area contributed by atoms with Gasteiger partial charge < -0.3 is 5.73 Å². The Kier molecular flexibility index (Phi) is 5.27. The molecule has 112 valence electrons. The van der Waals surface area contributed by atoms with E-state index in [-0.39, 0.29) is 5.75 Å². The summed E-state index contributed by atoms with van der Waals surface area (Å²) < 4.78 is 27.4. The van der Waals surface area contributed by atoms with Gasteiger partial charge in [0.2, 0.25) is 10.0 Å². The van der Waals surface area contributed by atoms with Gasteiger partial charge in [-0.15, -0.1) is 0 Å². The fourth-order valence-corrected chi connectivity index (χ4v) is 3.66. The second kappa shape index (κ2) is 6.79. The van der Waals surface area contributed by atoms with E-state index in [0.717, 1.165) is 5.56 Å². The highest BCUT2D eigenvalue weighted by Crippen LogP contribution is 2.30. The molecule has 0 heterocycles. The van der Waals surface area contributed by atoms with Crippen molar-refractivity contribution in [1.82, 2.24) is 0 Å². The van der Waals surface area contributed by atoms with Crippen LogP contribution in [0.2, 0.25) is 5.02 Å². The molecule has 0 saturated carbocycles. The fourth-order valence-electron chi connectivity index (χ4n) is 1.78. The topological polar surface area (TPSA) is 72.2 Å². The molecule has 0 amide bonds. The van der Waals surface area contributed by atoms with Crippen LogP contribution >= 0.6 is 27.5 Å². The Hall–Kier alpha value is -1.08. The minimum Gasteiger partial charge on any atom is -0.326 e. The predicted molar refractivity (Wildman–Crippen MR) is 89.7 cm³/mol. The van der Waals surface area contributed by atoms with E-state index in [1.807, 2.05) is 12.1 Å². The Morgan fingerprint density at radius 1 is 1.10 bits per heavy atom. The zero-order chi connectivity index (χ0) is 15.5. The van der Waals surface area contributed by atoms with E-state index in [9.17, 15) is 8.42 Å². The molecule has 3 N–H and O–H groups in total. The summed E-state index contributed by atoms with van der Waals surface area (Å²) in [7, 11) is -3.52. The summed E-state index contributed by atoms with van der Waals surface area (Å²) in [5, 5.41) is 0.447. The fraction of sp³-hybridized carbons (Fsp3) is 0.143. The van der Waals surface area contributed by atoms with Gasteiger partial charge in [-0.05, 0) is 39.2 Å². The SMILES string of the molecule is NCc1ccc(CS(=O)(=O)Nc2cccc(Cl)c2Br)cc1. The molecule has 0 radical (unpaired) electrons. The summed E-state index contributed by atoms with van der Waals surface area (Å²) in [6.07, 6.45) is 0. The number of benzene rings is 2. The molecule has 0 aliphatic carbocycles. The average molecular weight is 390 g/mol. The Labute approximate surface area is 137 Å². The van der Waals surface area contributed by atoms with Crippen LogP contribution in [0.3, 0.4) is 0 Å². The third-order valence-electron chi connectivity index (χ3n) is 2.83. The van der Waals surface area contributed by atoms with Gasteiger partial charge in [-0.2, -0.15) is 0 Å². The summed E-state index contributed by atoms with van der Waals surface area (Å²) in [5.41, 5.74) is 7.58. The van der Waals surface area contributed by atoms with Crippen molar-refractivity contribution in [2.75, 3.05) is 4.72 Å². The third kappa shape index (κ3) is 4.44. The van der Waals surface area contributed by atoms with Gasteiger partial charge in [0.25, 0.3) is 0 Å². The minimum absolute atomic E-state index is 0.114. The molecule has 0 fully saturated rings. The van der Waals surface area contributed by atoms with Gasteiger partial charge in [0.05, 0.1) is 20.9 Å². The van der Waals surface area contributed by atoms with Crippen molar-refractivity contribution in [1.29, 1.82) is 0 Å². The molecule has 0 aliphatic heterocycles. The van der Waals surface area contributed by atoms with Crippen molar-refractivity contribution < 1.29 is 8.42 Å². The Balaban J connectivity index is 2.16. The predicted octanol–water partition coefficient (Wildman–Crippen LogP) is 3.50. The lowest BCUT2D eigenvalue weighted by Crippen LogP contribution is -2.15. The highest BCUT2D eigenvalue weighted by atomic mass is 79.9. The molecule has 0 saturated heterocycles. The van der Waals surface area contributed by atoms with Gasteiger partial charge in [-0.3, -0.25) is 4.72 Å². The molecule has 0 atom stereocenters. The summed E-state index contributed by atoms with van der Waals surface area (Å²) in [5.74, 6) is -0.114. The Morgan fingerprint density at radius 2 is 1.71 bits per heavy atom. The van der Waals surface area contributed by atoms with E-state index in [2.05, 4.69) is 20.7 Å². The Bertz CT molecular complexity index is 733. The van der Waals surface area contributed by atoms with Crippen molar-refractivity contribution in [3.8, 4) is 0 Å². The van der Waals surface area contributed by atoms with Gasteiger partial charge in [0, 0.05) is 6.54 Å². The molecular weight excluding hydrogens is 376 g/mol. The molecule has 4 nitrogen and oxygen atoms in total. The highest BCUT2D eigenvalue weighted by molar-refractivity contribution is 9.10. The number of rotatable bonds is 5. The molecular formula is C14H14BrClN2O2S. The van der Waals surface area contributed by atoms with Gasteiger partial charge in [0.15, 0.2) is 0 Å². The van der Waals surface area contributed by atoms with Crippen LogP contribution in [0.25, 0.3) is 0 Å². The molecule has 0 spiro atoms. The molecule has 0 unspecified atom stereocenters. The monoisotopic (exact) mass is 388 g/mol. The van der Waals surface area contributed by atoms with Gasteiger partial charge >= 0.3 is 0 Å². The zero-order valence-electron chi connectivity index (χ0n) is 11.0. The maximum absolute atomic E-state index is 12.2. The number of halogens is 2. The summed E-state index contributed by atoms with van der Waals surface area (Å²) in [6.45, 7) is 0.431. The van der Waals surface area contributed by atoms with E-state index in [1.165, 1.54) is 0 Å². The first kappa shape index (κ1) is 16.3. The average Bonchev–Trinajstić information content (AvgIpc) is 2.44. The normalized spacial score (nSPS) is 11.4. The zero-order valence-corrected chi connectivity index (χ0v) is 14.2. The second-order valence-corrected chi connectivity index (χ2v) is 7.41. The van der Waals surface area contributed by atoms with E-state index in [1.54, 1.807) is 30.3 Å². The van der Waals surface area contributed by atoms with Crippen molar-refractivity contribution in [3.63, 3.8) is 0 Å².